The Morgan fingerprint density at radius 3 is 1.82 bits per heavy atom. The summed E-state index contributed by atoms with van der Waals surface area (Å²) in [5.41, 5.74) is 0.220. The number of aromatic nitrogens is 1. The number of carboxylic acids is 3. The Labute approximate surface area is 96.3 Å². The molecule has 0 spiro atoms. The first-order chi connectivity index (χ1) is 7.93. The summed E-state index contributed by atoms with van der Waals surface area (Å²) in [5.74, 6) is -3.09. The van der Waals surface area contributed by atoms with Crippen molar-refractivity contribution in [3.8, 4) is 0 Å². The molecule has 0 aliphatic rings. The Bertz CT molecular complexity index is 375. The van der Waals surface area contributed by atoms with Crippen LogP contribution < -0.4 is 0 Å². The van der Waals surface area contributed by atoms with Crippen molar-refractivity contribution in [1.82, 2.24) is 4.98 Å². The molecule has 0 fully saturated rings. The quantitative estimate of drug-likeness (QED) is 0.708. The molecule has 0 unspecified atom stereocenters. The third-order valence-electron chi connectivity index (χ3n) is 1.46. The van der Waals surface area contributed by atoms with E-state index in [0.29, 0.717) is 0 Å². The highest BCUT2D eigenvalue weighted by Gasteiger charge is 2.00. The molecular formula is C10H11NO6. The Kier molecular flexibility index (Phi) is 6.68. The second-order valence-electron chi connectivity index (χ2n) is 2.83. The first-order valence-electron chi connectivity index (χ1n) is 4.50. The van der Waals surface area contributed by atoms with Crippen LogP contribution >= 0.6 is 0 Å². The van der Waals surface area contributed by atoms with Gasteiger partial charge in [0.1, 0.15) is 0 Å². The van der Waals surface area contributed by atoms with E-state index in [1.807, 2.05) is 0 Å². The molecule has 92 valence electrons. The number of hydrogen-bond acceptors (Lipinski definition) is 4. The summed E-state index contributed by atoms with van der Waals surface area (Å²) in [4.78, 5) is 33.1. The molecule has 1 rings (SSSR count). The van der Waals surface area contributed by atoms with Crippen LogP contribution in [-0.2, 0) is 9.59 Å². The zero-order valence-electron chi connectivity index (χ0n) is 8.74. The molecule has 0 saturated heterocycles. The molecule has 0 aliphatic carbocycles. The number of nitrogens with zero attached hydrogens (tertiary/aromatic N) is 1. The van der Waals surface area contributed by atoms with Gasteiger partial charge in [0.2, 0.25) is 0 Å². The van der Waals surface area contributed by atoms with E-state index < -0.39 is 17.9 Å². The summed E-state index contributed by atoms with van der Waals surface area (Å²) < 4.78 is 0. The molecule has 0 atom stereocenters. The zero-order chi connectivity index (χ0) is 13.3. The van der Waals surface area contributed by atoms with Crippen molar-refractivity contribution in [2.45, 2.75) is 12.8 Å². The first kappa shape index (κ1) is 14.6. The number of aromatic carboxylic acids is 1. The lowest BCUT2D eigenvalue weighted by atomic mass is 10.3. The SMILES string of the molecule is O=C(O)CCC(=O)O.O=C(O)c1cccnc1. The lowest BCUT2D eigenvalue weighted by molar-refractivity contribution is -0.143. The molecule has 0 aliphatic heterocycles. The minimum atomic E-state index is -1.08. The number of hydrogen-bond donors (Lipinski definition) is 3. The van der Waals surface area contributed by atoms with Gasteiger partial charge >= 0.3 is 17.9 Å². The number of carbonyl (C=O) groups is 3. The molecule has 1 aromatic rings. The maximum atomic E-state index is 10.2. The molecule has 1 heterocycles. The summed E-state index contributed by atoms with van der Waals surface area (Å²) in [6.45, 7) is 0. The Balaban J connectivity index is 0.000000304. The molecular weight excluding hydrogens is 230 g/mol. The van der Waals surface area contributed by atoms with Gasteiger partial charge < -0.3 is 15.3 Å². The predicted molar refractivity (Wildman–Crippen MR) is 55.7 cm³/mol. The normalized spacial score (nSPS) is 8.71. The van der Waals surface area contributed by atoms with Crippen LogP contribution in [0, 0.1) is 0 Å². The molecule has 0 radical (unpaired) electrons. The smallest absolute Gasteiger partial charge is 0.337 e. The molecule has 0 amide bonds. The van der Waals surface area contributed by atoms with Gasteiger partial charge in [-0.05, 0) is 12.1 Å². The van der Waals surface area contributed by atoms with Crippen molar-refractivity contribution in [1.29, 1.82) is 0 Å². The topological polar surface area (TPSA) is 125 Å². The number of carboxylic acid groups (broad SMARTS) is 3. The highest BCUT2D eigenvalue weighted by atomic mass is 16.4. The molecule has 0 bridgehead atoms. The molecule has 7 nitrogen and oxygen atoms in total. The van der Waals surface area contributed by atoms with Crippen LogP contribution in [0.15, 0.2) is 24.5 Å². The van der Waals surface area contributed by atoms with E-state index in [0.717, 1.165) is 0 Å². The molecule has 7 heteroatoms. The van der Waals surface area contributed by atoms with Crippen LogP contribution in [0.1, 0.15) is 23.2 Å². The van der Waals surface area contributed by atoms with Gasteiger partial charge in [-0.3, -0.25) is 14.6 Å². The van der Waals surface area contributed by atoms with Crippen LogP contribution in [-0.4, -0.2) is 38.2 Å². The van der Waals surface area contributed by atoms with Gasteiger partial charge in [-0.15, -0.1) is 0 Å². The van der Waals surface area contributed by atoms with E-state index in [9.17, 15) is 14.4 Å². The Morgan fingerprint density at radius 1 is 1.06 bits per heavy atom. The minimum absolute atomic E-state index is 0.220. The molecule has 3 N–H and O–H groups in total. The third kappa shape index (κ3) is 8.55. The van der Waals surface area contributed by atoms with Crippen molar-refractivity contribution in [3.05, 3.63) is 30.1 Å². The lowest BCUT2D eigenvalue weighted by Gasteiger charge is -1.87. The van der Waals surface area contributed by atoms with Crippen LogP contribution in [0.2, 0.25) is 0 Å². The molecule has 1 aromatic heterocycles. The second kappa shape index (κ2) is 7.80. The lowest BCUT2D eigenvalue weighted by Crippen LogP contribution is -2.00. The largest absolute Gasteiger partial charge is 0.481 e. The maximum Gasteiger partial charge on any atom is 0.337 e. The number of pyridine rings is 1. The Morgan fingerprint density at radius 2 is 1.59 bits per heavy atom. The van der Waals surface area contributed by atoms with Crippen molar-refractivity contribution in [2.24, 2.45) is 0 Å². The average Bonchev–Trinajstić information content (AvgIpc) is 2.28. The van der Waals surface area contributed by atoms with Crippen molar-refractivity contribution >= 4 is 17.9 Å². The van der Waals surface area contributed by atoms with Crippen molar-refractivity contribution < 1.29 is 29.7 Å². The zero-order valence-corrected chi connectivity index (χ0v) is 8.74. The summed E-state index contributed by atoms with van der Waals surface area (Å²) >= 11 is 0. The van der Waals surface area contributed by atoms with E-state index in [2.05, 4.69) is 4.98 Å². The number of aliphatic carboxylic acids is 2. The Hall–Kier alpha value is -2.44. The molecule has 0 aromatic carbocycles. The van der Waals surface area contributed by atoms with Gasteiger partial charge in [-0.2, -0.15) is 0 Å². The summed E-state index contributed by atoms with van der Waals surface area (Å²) in [6, 6.07) is 3.08. The van der Waals surface area contributed by atoms with Crippen LogP contribution in [0.25, 0.3) is 0 Å². The van der Waals surface area contributed by atoms with Gasteiger partial charge in [0, 0.05) is 12.4 Å². The number of rotatable bonds is 4. The summed E-state index contributed by atoms with van der Waals surface area (Å²) in [5, 5.41) is 24.1. The average molecular weight is 241 g/mol. The summed E-state index contributed by atoms with van der Waals surface area (Å²) in [6.07, 6.45) is 2.25. The van der Waals surface area contributed by atoms with Gasteiger partial charge in [0.05, 0.1) is 18.4 Å². The maximum absolute atomic E-state index is 10.2. The van der Waals surface area contributed by atoms with Crippen molar-refractivity contribution in [2.75, 3.05) is 0 Å². The first-order valence-corrected chi connectivity index (χ1v) is 4.50. The monoisotopic (exact) mass is 241 g/mol. The molecule has 0 saturated carbocycles. The van der Waals surface area contributed by atoms with Gasteiger partial charge in [-0.25, -0.2) is 4.79 Å². The van der Waals surface area contributed by atoms with Gasteiger partial charge in [0.15, 0.2) is 0 Å². The van der Waals surface area contributed by atoms with Crippen molar-refractivity contribution in [3.63, 3.8) is 0 Å². The van der Waals surface area contributed by atoms with E-state index in [1.54, 1.807) is 6.07 Å². The van der Waals surface area contributed by atoms with Gasteiger partial charge in [-0.1, -0.05) is 0 Å². The van der Waals surface area contributed by atoms with E-state index in [-0.39, 0.29) is 18.4 Å². The van der Waals surface area contributed by atoms with E-state index in [4.69, 9.17) is 15.3 Å². The van der Waals surface area contributed by atoms with E-state index >= 15 is 0 Å². The van der Waals surface area contributed by atoms with Crippen LogP contribution in [0.4, 0.5) is 0 Å². The molecule has 17 heavy (non-hydrogen) atoms. The summed E-state index contributed by atoms with van der Waals surface area (Å²) in [7, 11) is 0. The van der Waals surface area contributed by atoms with Crippen LogP contribution in [0.5, 0.6) is 0 Å². The predicted octanol–water partition coefficient (Wildman–Crippen LogP) is 0.716. The third-order valence-corrected chi connectivity index (χ3v) is 1.46. The van der Waals surface area contributed by atoms with Crippen LogP contribution in [0.3, 0.4) is 0 Å². The standard InChI is InChI=1S/C6H5NO2.C4H6O4/c8-6(9)5-2-1-3-7-4-5;5-3(6)1-2-4(7)8/h1-4H,(H,8,9);1-2H2,(H,5,6)(H,7,8). The fraction of sp³-hybridized carbons (Fsp3) is 0.200. The minimum Gasteiger partial charge on any atom is -0.481 e. The highest BCUT2D eigenvalue weighted by molar-refractivity contribution is 5.86. The second-order valence-corrected chi connectivity index (χ2v) is 2.83. The fourth-order valence-electron chi connectivity index (χ4n) is 0.703. The van der Waals surface area contributed by atoms with Gasteiger partial charge in [0.25, 0.3) is 0 Å². The highest BCUT2D eigenvalue weighted by Crippen LogP contribution is 1.92. The fourth-order valence-corrected chi connectivity index (χ4v) is 0.703. The van der Waals surface area contributed by atoms with E-state index in [1.165, 1.54) is 18.5 Å².